The molecule has 1 aromatic carbocycles. The molecule has 0 saturated carbocycles. The minimum absolute atomic E-state index is 0.124. The molecule has 0 aliphatic carbocycles. The second kappa shape index (κ2) is 5.65. The van der Waals surface area contributed by atoms with E-state index >= 15 is 0 Å². The molecule has 0 N–H and O–H groups in total. The summed E-state index contributed by atoms with van der Waals surface area (Å²) in [6.45, 7) is 2.06. The Hall–Kier alpha value is -2.31. The van der Waals surface area contributed by atoms with Crippen molar-refractivity contribution >= 4 is 28.9 Å². The summed E-state index contributed by atoms with van der Waals surface area (Å²) in [6.07, 6.45) is 1.51. The van der Waals surface area contributed by atoms with Crippen molar-refractivity contribution in [1.29, 1.82) is 0 Å². The highest BCUT2D eigenvalue weighted by molar-refractivity contribution is 6.45. The van der Waals surface area contributed by atoms with Crippen LogP contribution in [-0.2, 0) is 6.54 Å². The number of hydrogen-bond acceptors (Lipinski definition) is 4. The molecule has 0 atom stereocenters. The predicted molar refractivity (Wildman–Crippen MR) is 89.7 cm³/mol. The molecule has 2 aromatic heterocycles. The zero-order chi connectivity index (χ0) is 16.8. The summed E-state index contributed by atoms with van der Waals surface area (Å²) < 4.78 is 16.2. The number of fused-ring (bicyclic) bond motifs is 3. The van der Waals surface area contributed by atoms with Crippen LogP contribution in [0, 0.1) is 12.7 Å². The first-order valence-corrected chi connectivity index (χ1v) is 7.88. The van der Waals surface area contributed by atoms with Gasteiger partial charge in [-0.15, -0.1) is 10.2 Å². The normalized spacial score (nSPS) is 13.1. The fourth-order valence-corrected chi connectivity index (χ4v) is 3.16. The van der Waals surface area contributed by atoms with Crippen LogP contribution in [0.4, 0.5) is 4.39 Å². The summed E-state index contributed by atoms with van der Waals surface area (Å²) in [7, 11) is 0. The van der Waals surface area contributed by atoms with Gasteiger partial charge in [-0.1, -0.05) is 23.2 Å². The SMILES string of the molecule is Cc1nnc2n1-c1ccc(Cl)c(Cl)c1C(c1ncccc1F)=NC2. The maximum absolute atomic E-state index is 14.3. The van der Waals surface area contributed by atoms with Gasteiger partial charge in [0.25, 0.3) is 0 Å². The van der Waals surface area contributed by atoms with E-state index < -0.39 is 5.82 Å². The molecule has 0 fully saturated rings. The zero-order valence-electron chi connectivity index (χ0n) is 12.5. The van der Waals surface area contributed by atoms with E-state index in [1.54, 1.807) is 12.1 Å². The lowest BCUT2D eigenvalue weighted by molar-refractivity contribution is 0.618. The van der Waals surface area contributed by atoms with Gasteiger partial charge in [0.2, 0.25) is 0 Å². The lowest BCUT2D eigenvalue weighted by Crippen LogP contribution is -2.12. The number of rotatable bonds is 1. The summed E-state index contributed by atoms with van der Waals surface area (Å²) in [6, 6.07) is 6.34. The van der Waals surface area contributed by atoms with E-state index in [1.807, 2.05) is 11.5 Å². The van der Waals surface area contributed by atoms with Crippen LogP contribution in [0.5, 0.6) is 0 Å². The molecular weight excluding hydrogens is 352 g/mol. The number of aliphatic imine (C=N–C) groups is 1. The topological polar surface area (TPSA) is 56.0 Å². The number of aromatic nitrogens is 4. The van der Waals surface area contributed by atoms with Gasteiger partial charge < -0.3 is 0 Å². The maximum Gasteiger partial charge on any atom is 0.159 e. The Morgan fingerprint density at radius 3 is 2.79 bits per heavy atom. The van der Waals surface area contributed by atoms with Crippen LogP contribution >= 0.6 is 23.2 Å². The smallest absolute Gasteiger partial charge is 0.159 e. The van der Waals surface area contributed by atoms with Crippen molar-refractivity contribution in [2.45, 2.75) is 13.5 Å². The van der Waals surface area contributed by atoms with E-state index in [0.717, 1.165) is 0 Å². The van der Waals surface area contributed by atoms with Crippen molar-refractivity contribution in [2.24, 2.45) is 4.99 Å². The number of aryl methyl sites for hydroxylation is 1. The van der Waals surface area contributed by atoms with Crippen LogP contribution in [0.1, 0.15) is 22.9 Å². The minimum atomic E-state index is -0.479. The Labute approximate surface area is 146 Å². The molecule has 8 heteroatoms. The van der Waals surface area contributed by atoms with Gasteiger partial charge in [0.15, 0.2) is 11.6 Å². The maximum atomic E-state index is 14.3. The molecule has 0 saturated heterocycles. The van der Waals surface area contributed by atoms with Crippen LogP contribution in [0.25, 0.3) is 5.69 Å². The van der Waals surface area contributed by atoms with Crippen LogP contribution in [-0.4, -0.2) is 25.5 Å². The van der Waals surface area contributed by atoms with Crippen molar-refractivity contribution in [3.05, 3.63) is 69.2 Å². The summed E-state index contributed by atoms with van der Waals surface area (Å²) in [5, 5.41) is 8.86. The Morgan fingerprint density at radius 2 is 2.00 bits per heavy atom. The van der Waals surface area contributed by atoms with Crippen molar-refractivity contribution < 1.29 is 4.39 Å². The third-order valence-corrected chi connectivity index (χ3v) is 4.61. The summed E-state index contributed by atoms with van der Waals surface area (Å²) >= 11 is 12.6. The van der Waals surface area contributed by atoms with Gasteiger partial charge in [0.1, 0.15) is 18.1 Å². The average Bonchev–Trinajstić information content (AvgIpc) is 2.85. The first-order chi connectivity index (χ1) is 11.6. The lowest BCUT2D eigenvalue weighted by Gasteiger charge is -2.14. The highest BCUT2D eigenvalue weighted by atomic mass is 35.5. The van der Waals surface area contributed by atoms with Crippen LogP contribution in [0.15, 0.2) is 35.5 Å². The highest BCUT2D eigenvalue weighted by Crippen LogP contribution is 2.35. The Balaban J connectivity index is 2.08. The molecule has 0 bridgehead atoms. The lowest BCUT2D eigenvalue weighted by atomic mass is 10.0. The third-order valence-electron chi connectivity index (χ3n) is 3.80. The molecular formula is C16H10Cl2FN5. The molecule has 0 unspecified atom stereocenters. The van der Waals surface area contributed by atoms with Gasteiger partial charge in [-0.3, -0.25) is 14.5 Å². The van der Waals surface area contributed by atoms with Gasteiger partial charge in [0.05, 0.1) is 21.4 Å². The molecule has 3 heterocycles. The van der Waals surface area contributed by atoms with Crippen LogP contribution in [0.3, 0.4) is 0 Å². The number of pyridine rings is 1. The molecule has 1 aliphatic rings. The highest BCUT2D eigenvalue weighted by Gasteiger charge is 2.27. The summed E-state index contributed by atoms with van der Waals surface area (Å²) in [4.78, 5) is 8.63. The largest absolute Gasteiger partial charge is 0.281 e. The second-order valence-corrected chi connectivity index (χ2v) is 6.04. The summed E-state index contributed by atoms with van der Waals surface area (Å²) in [5.41, 5.74) is 1.69. The predicted octanol–water partition coefficient (Wildman–Crippen LogP) is 3.77. The average molecular weight is 362 g/mol. The van der Waals surface area contributed by atoms with Crippen molar-refractivity contribution in [1.82, 2.24) is 19.7 Å². The molecule has 4 rings (SSSR count). The Morgan fingerprint density at radius 1 is 1.17 bits per heavy atom. The van der Waals surface area contributed by atoms with E-state index in [2.05, 4.69) is 20.2 Å². The number of hydrogen-bond donors (Lipinski definition) is 0. The quantitative estimate of drug-likeness (QED) is 0.662. The van der Waals surface area contributed by atoms with Crippen molar-refractivity contribution in [2.75, 3.05) is 0 Å². The van der Waals surface area contributed by atoms with Gasteiger partial charge >= 0.3 is 0 Å². The minimum Gasteiger partial charge on any atom is -0.281 e. The fraction of sp³-hybridized carbons (Fsp3) is 0.125. The first kappa shape index (κ1) is 15.2. The van der Waals surface area contributed by atoms with Gasteiger partial charge in [0, 0.05) is 11.8 Å². The molecule has 0 radical (unpaired) electrons. The van der Waals surface area contributed by atoms with E-state index in [4.69, 9.17) is 23.2 Å². The van der Waals surface area contributed by atoms with E-state index in [9.17, 15) is 4.39 Å². The van der Waals surface area contributed by atoms with Crippen LogP contribution in [0.2, 0.25) is 10.0 Å². The molecule has 0 spiro atoms. The Kier molecular flexibility index (Phi) is 3.58. The molecule has 120 valence electrons. The first-order valence-electron chi connectivity index (χ1n) is 7.13. The number of benzene rings is 1. The van der Waals surface area contributed by atoms with Gasteiger partial charge in [-0.25, -0.2) is 4.39 Å². The summed E-state index contributed by atoms with van der Waals surface area (Å²) in [5.74, 6) is 0.841. The fourth-order valence-electron chi connectivity index (χ4n) is 2.76. The van der Waals surface area contributed by atoms with Crippen LogP contribution < -0.4 is 0 Å². The van der Waals surface area contributed by atoms with Crippen molar-refractivity contribution in [3.8, 4) is 5.69 Å². The molecule has 3 aromatic rings. The monoisotopic (exact) mass is 361 g/mol. The third kappa shape index (κ3) is 2.22. The van der Waals surface area contributed by atoms with E-state index in [0.29, 0.717) is 38.7 Å². The van der Waals surface area contributed by atoms with Gasteiger partial charge in [-0.05, 0) is 31.2 Å². The van der Waals surface area contributed by atoms with E-state index in [1.165, 1.54) is 18.3 Å². The number of nitrogens with zero attached hydrogens (tertiary/aromatic N) is 5. The second-order valence-electron chi connectivity index (χ2n) is 5.25. The van der Waals surface area contributed by atoms with Crippen molar-refractivity contribution in [3.63, 3.8) is 0 Å². The molecule has 5 nitrogen and oxygen atoms in total. The Bertz CT molecular complexity index is 996. The zero-order valence-corrected chi connectivity index (χ0v) is 14.0. The molecule has 0 amide bonds. The molecule has 24 heavy (non-hydrogen) atoms. The van der Waals surface area contributed by atoms with Gasteiger partial charge in [-0.2, -0.15) is 0 Å². The van der Waals surface area contributed by atoms with E-state index in [-0.39, 0.29) is 12.2 Å². The number of halogens is 3. The molecule has 1 aliphatic heterocycles. The standard InChI is InChI=1S/C16H10Cl2FN5/c1-8-22-23-12-7-21-16(15-10(19)3-2-6-20-15)13-11(24(8)12)5-4-9(17)14(13)18/h2-6H,7H2,1H3.